The fourth-order valence-electron chi connectivity index (χ4n) is 2.48. The van der Waals surface area contributed by atoms with Gasteiger partial charge in [-0.3, -0.25) is 4.79 Å². The van der Waals surface area contributed by atoms with Crippen molar-refractivity contribution in [2.75, 3.05) is 6.79 Å². The summed E-state index contributed by atoms with van der Waals surface area (Å²) in [5.41, 5.74) is 0.888. The molecule has 0 amide bonds. The lowest BCUT2D eigenvalue weighted by Crippen LogP contribution is -2.20. The van der Waals surface area contributed by atoms with Crippen LogP contribution in [-0.2, 0) is 4.79 Å². The van der Waals surface area contributed by atoms with Gasteiger partial charge in [0.05, 0.1) is 18.6 Å². The quantitative estimate of drug-likeness (QED) is 0.581. The molecule has 0 radical (unpaired) electrons. The van der Waals surface area contributed by atoms with Crippen molar-refractivity contribution in [1.29, 1.82) is 0 Å². The lowest BCUT2D eigenvalue weighted by molar-refractivity contribution is -0.135. The van der Waals surface area contributed by atoms with Gasteiger partial charge in [-0.25, -0.2) is 0 Å². The van der Waals surface area contributed by atoms with E-state index >= 15 is 0 Å². The van der Waals surface area contributed by atoms with Gasteiger partial charge in [0.1, 0.15) is 11.5 Å². The molecule has 0 N–H and O–H groups in total. The number of esters is 1. The van der Waals surface area contributed by atoms with E-state index in [4.69, 9.17) is 18.6 Å². The van der Waals surface area contributed by atoms with Crippen molar-refractivity contribution in [1.82, 2.24) is 0 Å². The standard InChI is InChI=1S/C14H10O5/c15-14-5-9(10-2-1-3-16-10)8-4-12-13(18-7-17-12)6-11(8)19-14/h1-4,6,9H,5,7H2/t9-/m1/s1. The molecular weight excluding hydrogens is 248 g/mol. The number of rotatable bonds is 1. The molecule has 1 aromatic heterocycles. The Morgan fingerprint density at radius 1 is 1.11 bits per heavy atom. The zero-order valence-electron chi connectivity index (χ0n) is 9.92. The van der Waals surface area contributed by atoms with Crippen molar-refractivity contribution >= 4 is 5.97 Å². The Balaban J connectivity index is 1.87. The maximum absolute atomic E-state index is 11.7. The second kappa shape index (κ2) is 3.78. The molecular formula is C14H10O5. The molecule has 0 saturated carbocycles. The Hall–Kier alpha value is -2.43. The number of ether oxygens (including phenoxy) is 3. The van der Waals surface area contributed by atoms with E-state index in [1.165, 1.54) is 0 Å². The van der Waals surface area contributed by atoms with E-state index in [1.54, 1.807) is 12.3 Å². The second-order valence-corrected chi connectivity index (χ2v) is 4.49. The summed E-state index contributed by atoms with van der Waals surface area (Å²) in [7, 11) is 0. The fourth-order valence-corrected chi connectivity index (χ4v) is 2.48. The smallest absolute Gasteiger partial charge is 0.312 e. The summed E-state index contributed by atoms with van der Waals surface area (Å²) in [5.74, 6) is 2.13. The number of carbonyl (C=O) groups excluding carboxylic acids is 1. The van der Waals surface area contributed by atoms with Gasteiger partial charge < -0.3 is 18.6 Å². The van der Waals surface area contributed by atoms with Gasteiger partial charge in [-0.1, -0.05) is 0 Å². The molecule has 3 heterocycles. The molecule has 1 atom stereocenters. The molecule has 0 bridgehead atoms. The summed E-state index contributed by atoms with van der Waals surface area (Å²) in [6, 6.07) is 7.22. The highest BCUT2D eigenvalue weighted by molar-refractivity contribution is 5.78. The number of hydrogen-bond donors (Lipinski definition) is 0. The van der Waals surface area contributed by atoms with Crippen LogP contribution < -0.4 is 14.2 Å². The van der Waals surface area contributed by atoms with E-state index in [0.717, 1.165) is 11.3 Å². The maximum atomic E-state index is 11.7. The average molecular weight is 258 g/mol. The molecule has 19 heavy (non-hydrogen) atoms. The van der Waals surface area contributed by atoms with Crippen molar-refractivity contribution < 1.29 is 23.4 Å². The van der Waals surface area contributed by atoms with Gasteiger partial charge in [0.2, 0.25) is 6.79 Å². The number of benzene rings is 1. The first-order valence-corrected chi connectivity index (χ1v) is 5.99. The minimum absolute atomic E-state index is 0.138. The van der Waals surface area contributed by atoms with Crippen LogP contribution in [0.3, 0.4) is 0 Å². The molecule has 96 valence electrons. The predicted molar refractivity (Wildman–Crippen MR) is 63.4 cm³/mol. The minimum Gasteiger partial charge on any atom is -0.469 e. The van der Waals surface area contributed by atoms with Gasteiger partial charge in [-0.05, 0) is 18.2 Å². The molecule has 2 aliphatic rings. The Bertz CT molecular complexity index is 644. The number of hydrogen-bond acceptors (Lipinski definition) is 5. The number of fused-ring (bicyclic) bond motifs is 2. The van der Waals surface area contributed by atoms with Gasteiger partial charge in [0.25, 0.3) is 0 Å². The summed E-state index contributed by atoms with van der Waals surface area (Å²) >= 11 is 0. The van der Waals surface area contributed by atoms with Crippen molar-refractivity contribution in [3.63, 3.8) is 0 Å². The number of furan rings is 1. The third kappa shape index (κ3) is 1.58. The molecule has 0 fully saturated rings. The van der Waals surface area contributed by atoms with Crippen LogP contribution in [0.25, 0.3) is 0 Å². The van der Waals surface area contributed by atoms with Gasteiger partial charge in [0, 0.05) is 11.6 Å². The molecule has 0 spiro atoms. The van der Waals surface area contributed by atoms with Crippen LogP contribution in [-0.4, -0.2) is 12.8 Å². The largest absolute Gasteiger partial charge is 0.469 e. The summed E-state index contributed by atoms with van der Waals surface area (Å²) < 4.78 is 21.3. The molecule has 0 saturated heterocycles. The third-order valence-corrected chi connectivity index (χ3v) is 3.36. The Morgan fingerprint density at radius 3 is 2.74 bits per heavy atom. The van der Waals surface area contributed by atoms with Crippen LogP contribution in [0.2, 0.25) is 0 Å². The van der Waals surface area contributed by atoms with Crippen LogP contribution >= 0.6 is 0 Å². The van der Waals surface area contributed by atoms with Gasteiger partial charge >= 0.3 is 5.97 Å². The van der Waals surface area contributed by atoms with Gasteiger partial charge in [-0.15, -0.1) is 0 Å². The molecule has 0 aliphatic carbocycles. The van der Waals surface area contributed by atoms with E-state index in [1.807, 2.05) is 18.2 Å². The fraction of sp³-hybridized carbons (Fsp3) is 0.214. The Kier molecular flexibility index (Phi) is 2.09. The maximum Gasteiger partial charge on any atom is 0.312 e. The van der Waals surface area contributed by atoms with Crippen LogP contribution in [0.1, 0.15) is 23.7 Å². The van der Waals surface area contributed by atoms with Gasteiger partial charge in [0.15, 0.2) is 11.5 Å². The molecule has 1 aromatic carbocycles. The highest BCUT2D eigenvalue weighted by Crippen LogP contribution is 2.45. The van der Waals surface area contributed by atoms with Crippen molar-refractivity contribution in [3.05, 3.63) is 41.9 Å². The Labute approximate surface area is 108 Å². The number of carbonyl (C=O) groups is 1. The zero-order chi connectivity index (χ0) is 12.8. The normalized spacial score (nSPS) is 20.0. The predicted octanol–water partition coefficient (Wildman–Crippen LogP) is 2.45. The monoisotopic (exact) mass is 258 g/mol. The first-order chi connectivity index (χ1) is 9.31. The van der Waals surface area contributed by atoms with Crippen LogP contribution in [0, 0.1) is 0 Å². The molecule has 2 aliphatic heterocycles. The van der Waals surface area contributed by atoms with Crippen LogP contribution in [0.4, 0.5) is 0 Å². The molecule has 5 nitrogen and oxygen atoms in total. The summed E-state index contributed by atoms with van der Waals surface area (Å²) in [4.78, 5) is 11.7. The van der Waals surface area contributed by atoms with E-state index in [9.17, 15) is 4.79 Å². The van der Waals surface area contributed by atoms with Crippen molar-refractivity contribution in [2.24, 2.45) is 0 Å². The molecule has 2 aromatic rings. The second-order valence-electron chi connectivity index (χ2n) is 4.49. The summed E-state index contributed by atoms with van der Waals surface area (Å²) in [6.45, 7) is 0.192. The zero-order valence-corrected chi connectivity index (χ0v) is 9.92. The van der Waals surface area contributed by atoms with Crippen molar-refractivity contribution in [3.8, 4) is 17.2 Å². The van der Waals surface area contributed by atoms with Crippen LogP contribution in [0.15, 0.2) is 34.9 Å². The van der Waals surface area contributed by atoms with E-state index in [0.29, 0.717) is 17.2 Å². The molecule has 0 unspecified atom stereocenters. The van der Waals surface area contributed by atoms with Gasteiger partial charge in [-0.2, -0.15) is 0 Å². The first-order valence-electron chi connectivity index (χ1n) is 5.99. The van der Waals surface area contributed by atoms with E-state index < -0.39 is 0 Å². The summed E-state index contributed by atoms with van der Waals surface area (Å²) in [6.07, 6.45) is 1.86. The highest BCUT2D eigenvalue weighted by Gasteiger charge is 2.32. The van der Waals surface area contributed by atoms with E-state index in [-0.39, 0.29) is 25.1 Å². The SMILES string of the molecule is O=C1C[C@@H](c2ccco2)c2cc3c(cc2O1)OCO3. The highest BCUT2D eigenvalue weighted by atomic mass is 16.7. The Morgan fingerprint density at radius 2 is 1.95 bits per heavy atom. The summed E-state index contributed by atoms with van der Waals surface area (Å²) in [5, 5.41) is 0. The lowest BCUT2D eigenvalue weighted by atomic mass is 9.90. The lowest BCUT2D eigenvalue weighted by Gasteiger charge is -2.23. The van der Waals surface area contributed by atoms with Crippen LogP contribution in [0.5, 0.6) is 17.2 Å². The molecule has 5 heteroatoms. The van der Waals surface area contributed by atoms with Crippen molar-refractivity contribution in [2.45, 2.75) is 12.3 Å². The van der Waals surface area contributed by atoms with E-state index in [2.05, 4.69) is 0 Å². The topological polar surface area (TPSA) is 57.9 Å². The first kappa shape index (κ1) is 10.5. The average Bonchev–Trinajstić information content (AvgIpc) is 3.06. The molecule has 4 rings (SSSR count). The minimum atomic E-state index is -0.271. The third-order valence-electron chi connectivity index (χ3n) is 3.36.